The van der Waals surface area contributed by atoms with E-state index in [4.69, 9.17) is 22.1 Å². The second kappa shape index (κ2) is 9.99. The van der Waals surface area contributed by atoms with Crippen molar-refractivity contribution in [1.82, 2.24) is 9.97 Å². The first-order valence-corrected chi connectivity index (χ1v) is 10.1. The van der Waals surface area contributed by atoms with Crippen molar-refractivity contribution < 1.29 is 9.53 Å². The van der Waals surface area contributed by atoms with Crippen LogP contribution >= 0.6 is 11.6 Å². The molecule has 1 amide bonds. The lowest BCUT2D eigenvalue weighted by Gasteiger charge is -2.15. The average molecular weight is 441 g/mol. The third kappa shape index (κ3) is 5.76. The molecule has 9 heteroatoms. The van der Waals surface area contributed by atoms with Crippen molar-refractivity contribution in [3.8, 4) is 5.75 Å². The monoisotopic (exact) mass is 440 g/mol. The van der Waals surface area contributed by atoms with Crippen molar-refractivity contribution in [2.24, 2.45) is 5.73 Å². The highest BCUT2D eigenvalue weighted by atomic mass is 35.5. The second-order valence-corrected chi connectivity index (χ2v) is 7.35. The number of amides is 1. The molecular weight excluding hydrogens is 416 g/mol. The fourth-order valence-corrected chi connectivity index (χ4v) is 3.15. The molecule has 3 rings (SSSR count). The molecule has 0 saturated heterocycles. The normalized spacial score (nSPS) is 10.5. The zero-order valence-corrected chi connectivity index (χ0v) is 18.4. The Morgan fingerprint density at radius 1 is 1.13 bits per heavy atom. The van der Waals surface area contributed by atoms with E-state index in [1.165, 1.54) is 6.20 Å². The Kier molecular flexibility index (Phi) is 7.15. The van der Waals surface area contributed by atoms with Gasteiger partial charge in [0, 0.05) is 13.5 Å². The highest BCUT2D eigenvalue weighted by molar-refractivity contribution is 6.33. The van der Waals surface area contributed by atoms with E-state index >= 15 is 0 Å². The van der Waals surface area contributed by atoms with E-state index in [2.05, 4.69) is 25.9 Å². The Morgan fingerprint density at radius 3 is 2.65 bits per heavy atom. The fourth-order valence-electron chi connectivity index (χ4n) is 3.01. The van der Waals surface area contributed by atoms with E-state index in [0.717, 1.165) is 22.5 Å². The SMILES string of the molecule is CNc1cc(C)ccc1Nc1nc(Nc2cc(CCC(N)=O)ccc2OC)ncc1Cl. The molecule has 1 heterocycles. The van der Waals surface area contributed by atoms with Crippen molar-refractivity contribution in [1.29, 1.82) is 0 Å². The topological polar surface area (TPSA) is 114 Å². The van der Waals surface area contributed by atoms with Gasteiger partial charge in [0.1, 0.15) is 10.8 Å². The van der Waals surface area contributed by atoms with Gasteiger partial charge in [-0.3, -0.25) is 4.79 Å². The number of halogens is 1. The molecule has 0 unspecified atom stereocenters. The first kappa shape index (κ1) is 22.2. The van der Waals surface area contributed by atoms with E-state index in [9.17, 15) is 4.79 Å². The predicted molar refractivity (Wildman–Crippen MR) is 125 cm³/mol. The van der Waals surface area contributed by atoms with Crippen LogP contribution in [-0.4, -0.2) is 30.0 Å². The molecule has 0 fully saturated rings. The van der Waals surface area contributed by atoms with Crippen LogP contribution in [0.1, 0.15) is 17.5 Å². The van der Waals surface area contributed by atoms with E-state index in [-0.39, 0.29) is 12.3 Å². The summed E-state index contributed by atoms with van der Waals surface area (Å²) >= 11 is 6.33. The maximum atomic E-state index is 11.1. The van der Waals surface area contributed by atoms with Crippen LogP contribution in [0.5, 0.6) is 5.75 Å². The molecular formula is C22H25ClN6O2. The Balaban J connectivity index is 1.86. The quantitative estimate of drug-likeness (QED) is 0.390. The lowest BCUT2D eigenvalue weighted by Crippen LogP contribution is -2.11. The number of rotatable bonds is 9. The number of anilines is 5. The van der Waals surface area contributed by atoms with Crippen molar-refractivity contribution in [2.75, 3.05) is 30.1 Å². The van der Waals surface area contributed by atoms with Gasteiger partial charge in [-0.15, -0.1) is 0 Å². The summed E-state index contributed by atoms with van der Waals surface area (Å²) in [6.45, 7) is 2.02. The summed E-state index contributed by atoms with van der Waals surface area (Å²) in [6, 6.07) is 11.6. The van der Waals surface area contributed by atoms with Gasteiger partial charge in [0.2, 0.25) is 11.9 Å². The predicted octanol–water partition coefficient (Wildman–Crippen LogP) is 4.39. The average Bonchev–Trinajstić information content (AvgIpc) is 2.75. The lowest BCUT2D eigenvalue weighted by atomic mass is 10.1. The molecule has 0 saturated carbocycles. The molecule has 5 N–H and O–H groups in total. The van der Waals surface area contributed by atoms with Crippen LogP contribution < -0.4 is 26.4 Å². The number of carbonyl (C=O) groups is 1. The summed E-state index contributed by atoms with van der Waals surface area (Å²) in [6.07, 6.45) is 2.32. The standard InChI is InChI=1S/C22H25ClN6O2/c1-13-4-7-16(17(10-13)25-2)27-21-15(23)12-26-22(29-21)28-18-11-14(6-9-20(24)30)5-8-19(18)31-3/h4-5,7-8,10-12,25H,6,9H2,1-3H3,(H2,24,30)(H2,26,27,28,29). The van der Waals surface area contributed by atoms with E-state index in [0.29, 0.717) is 34.6 Å². The minimum absolute atomic E-state index is 0.266. The van der Waals surface area contributed by atoms with E-state index in [1.54, 1.807) is 7.11 Å². The van der Waals surface area contributed by atoms with Crippen LogP contribution in [-0.2, 0) is 11.2 Å². The van der Waals surface area contributed by atoms with Gasteiger partial charge in [-0.05, 0) is 48.7 Å². The maximum absolute atomic E-state index is 11.1. The van der Waals surface area contributed by atoms with Crippen molar-refractivity contribution in [3.05, 3.63) is 58.7 Å². The number of aromatic nitrogens is 2. The number of ether oxygens (including phenoxy) is 1. The molecule has 8 nitrogen and oxygen atoms in total. The molecule has 0 bridgehead atoms. The number of benzene rings is 2. The van der Waals surface area contributed by atoms with Gasteiger partial charge in [-0.25, -0.2) is 4.98 Å². The molecule has 162 valence electrons. The lowest BCUT2D eigenvalue weighted by molar-refractivity contribution is -0.117. The minimum atomic E-state index is -0.348. The number of primary amides is 1. The Hall–Kier alpha value is -3.52. The van der Waals surface area contributed by atoms with Crippen LogP contribution in [0.2, 0.25) is 5.02 Å². The van der Waals surface area contributed by atoms with Gasteiger partial charge in [-0.2, -0.15) is 4.98 Å². The summed E-state index contributed by atoms with van der Waals surface area (Å²) in [5.41, 5.74) is 9.76. The summed E-state index contributed by atoms with van der Waals surface area (Å²) < 4.78 is 5.43. The minimum Gasteiger partial charge on any atom is -0.495 e. The van der Waals surface area contributed by atoms with Gasteiger partial charge >= 0.3 is 0 Å². The largest absolute Gasteiger partial charge is 0.495 e. The molecule has 1 aromatic heterocycles. The number of nitrogens with two attached hydrogens (primary N) is 1. The highest BCUT2D eigenvalue weighted by Crippen LogP contribution is 2.32. The Morgan fingerprint density at radius 2 is 1.94 bits per heavy atom. The third-order valence-corrected chi connectivity index (χ3v) is 4.89. The molecule has 0 atom stereocenters. The fraction of sp³-hybridized carbons (Fsp3) is 0.227. The summed E-state index contributed by atoms with van der Waals surface area (Å²) in [5, 5.41) is 9.96. The van der Waals surface area contributed by atoms with Crippen LogP contribution in [0.3, 0.4) is 0 Å². The molecule has 3 aromatic rings. The van der Waals surface area contributed by atoms with Crippen molar-refractivity contribution in [2.45, 2.75) is 19.8 Å². The molecule has 0 spiro atoms. The smallest absolute Gasteiger partial charge is 0.229 e. The molecule has 0 aliphatic heterocycles. The van der Waals surface area contributed by atoms with Crippen molar-refractivity contribution in [3.63, 3.8) is 0 Å². The zero-order valence-electron chi connectivity index (χ0n) is 17.6. The van der Waals surface area contributed by atoms with Crippen LogP contribution in [0.4, 0.5) is 28.8 Å². The number of aryl methyl sites for hydroxylation is 2. The first-order valence-electron chi connectivity index (χ1n) is 9.70. The molecule has 2 aromatic carbocycles. The second-order valence-electron chi connectivity index (χ2n) is 6.94. The molecule has 0 radical (unpaired) electrons. The molecule has 0 aliphatic carbocycles. The molecule has 0 aliphatic rings. The maximum Gasteiger partial charge on any atom is 0.229 e. The first-order chi connectivity index (χ1) is 14.9. The van der Waals surface area contributed by atoms with E-state index < -0.39 is 0 Å². The number of hydrogen-bond donors (Lipinski definition) is 4. The Bertz CT molecular complexity index is 1090. The summed E-state index contributed by atoms with van der Waals surface area (Å²) in [4.78, 5) is 19.9. The van der Waals surface area contributed by atoms with Crippen molar-refractivity contribution >= 4 is 46.3 Å². The number of carbonyl (C=O) groups excluding carboxylic acids is 1. The van der Waals surface area contributed by atoms with Gasteiger partial charge in [0.25, 0.3) is 0 Å². The third-order valence-electron chi connectivity index (χ3n) is 4.61. The molecule has 31 heavy (non-hydrogen) atoms. The number of hydrogen-bond acceptors (Lipinski definition) is 7. The van der Waals surface area contributed by atoms with Crippen LogP contribution in [0, 0.1) is 6.92 Å². The van der Waals surface area contributed by atoms with E-state index in [1.807, 2.05) is 50.4 Å². The van der Waals surface area contributed by atoms with Gasteiger partial charge in [-0.1, -0.05) is 23.7 Å². The zero-order chi connectivity index (χ0) is 22.4. The number of nitrogens with zero attached hydrogens (tertiary/aromatic N) is 2. The summed E-state index contributed by atoms with van der Waals surface area (Å²) in [5.74, 6) is 1.07. The van der Waals surface area contributed by atoms with Gasteiger partial charge < -0.3 is 26.4 Å². The summed E-state index contributed by atoms with van der Waals surface area (Å²) in [7, 11) is 3.43. The highest BCUT2D eigenvalue weighted by Gasteiger charge is 2.12. The number of methoxy groups -OCH3 is 1. The Labute approximate surface area is 186 Å². The van der Waals surface area contributed by atoms with Gasteiger partial charge in [0.05, 0.1) is 30.4 Å². The van der Waals surface area contributed by atoms with Gasteiger partial charge in [0.15, 0.2) is 5.82 Å². The van der Waals surface area contributed by atoms with Crippen LogP contribution in [0.15, 0.2) is 42.6 Å². The number of nitrogens with one attached hydrogen (secondary N) is 3. The van der Waals surface area contributed by atoms with Crippen LogP contribution in [0.25, 0.3) is 0 Å².